The molecule has 3 heteroatoms. The Hall–Kier alpha value is -1.61. The van der Waals surface area contributed by atoms with E-state index in [1.165, 1.54) is 11.1 Å². The van der Waals surface area contributed by atoms with Crippen LogP contribution in [0.3, 0.4) is 0 Å². The highest BCUT2D eigenvalue weighted by atomic mass is 16.5. The van der Waals surface area contributed by atoms with Crippen LogP contribution in [0.15, 0.2) is 36.5 Å². The number of nitrogens with one attached hydrogen (secondary N) is 1. The summed E-state index contributed by atoms with van der Waals surface area (Å²) in [7, 11) is 0. The third-order valence-corrected chi connectivity index (χ3v) is 3.57. The van der Waals surface area contributed by atoms with Crippen molar-refractivity contribution in [2.75, 3.05) is 25.1 Å². The molecule has 0 spiro atoms. The van der Waals surface area contributed by atoms with E-state index in [0.29, 0.717) is 0 Å². The van der Waals surface area contributed by atoms with Gasteiger partial charge in [0.1, 0.15) is 0 Å². The fourth-order valence-electron chi connectivity index (χ4n) is 2.45. The Morgan fingerprint density at radius 2 is 2.00 bits per heavy atom. The lowest BCUT2D eigenvalue weighted by Crippen LogP contribution is -2.22. The first-order valence-corrected chi connectivity index (χ1v) is 6.59. The van der Waals surface area contributed by atoms with Gasteiger partial charge in [0.2, 0.25) is 0 Å². The summed E-state index contributed by atoms with van der Waals surface area (Å²) in [4.78, 5) is 4.38. The second-order valence-electron chi connectivity index (χ2n) is 4.81. The van der Waals surface area contributed by atoms with Crippen molar-refractivity contribution in [3.05, 3.63) is 36.5 Å². The standard InChI is InChI=1S/C15H18N2O/c1-2-4-14-13(3-1)15(5-8-16-14)17-11-12-6-9-18-10-7-12/h1-5,8,12H,6-7,9-11H2,(H,16,17). The smallest absolute Gasteiger partial charge is 0.0722 e. The maximum absolute atomic E-state index is 5.38. The van der Waals surface area contributed by atoms with Gasteiger partial charge < -0.3 is 10.1 Å². The number of aromatic nitrogens is 1. The van der Waals surface area contributed by atoms with E-state index in [1.54, 1.807) is 0 Å². The van der Waals surface area contributed by atoms with Crippen molar-refractivity contribution in [1.29, 1.82) is 0 Å². The van der Waals surface area contributed by atoms with Crippen molar-refractivity contribution in [2.45, 2.75) is 12.8 Å². The molecule has 0 saturated carbocycles. The first-order chi connectivity index (χ1) is 8.93. The van der Waals surface area contributed by atoms with Gasteiger partial charge in [-0.05, 0) is 30.9 Å². The SMILES string of the molecule is c1ccc2c(NCC3CCOCC3)ccnc2c1. The minimum Gasteiger partial charge on any atom is -0.384 e. The zero-order chi connectivity index (χ0) is 12.2. The number of pyridine rings is 1. The molecular weight excluding hydrogens is 224 g/mol. The minimum absolute atomic E-state index is 0.727. The van der Waals surface area contributed by atoms with E-state index in [1.807, 2.05) is 12.3 Å². The normalized spacial score (nSPS) is 16.9. The monoisotopic (exact) mass is 242 g/mol. The van der Waals surface area contributed by atoms with Crippen molar-refractivity contribution >= 4 is 16.6 Å². The van der Waals surface area contributed by atoms with Crippen molar-refractivity contribution in [1.82, 2.24) is 4.98 Å². The molecule has 0 aliphatic carbocycles. The van der Waals surface area contributed by atoms with Gasteiger partial charge in [-0.1, -0.05) is 18.2 Å². The summed E-state index contributed by atoms with van der Waals surface area (Å²) in [5.41, 5.74) is 2.24. The molecule has 1 aromatic heterocycles. The van der Waals surface area contributed by atoms with Crippen LogP contribution in [0.5, 0.6) is 0 Å². The van der Waals surface area contributed by atoms with Crippen LogP contribution in [0.1, 0.15) is 12.8 Å². The maximum atomic E-state index is 5.38. The fourth-order valence-corrected chi connectivity index (χ4v) is 2.45. The van der Waals surface area contributed by atoms with E-state index in [4.69, 9.17) is 4.74 Å². The molecule has 1 aliphatic rings. The predicted octanol–water partition coefficient (Wildman–Crippen LogP) is 3.07. The fraction of sp³-hybridized carbons (Fsp3) is 0.400. The van der Waals surface area contributed by atoms with Gasteiger partial charge in [-0.15, -0.1) is 0 Å². The van der Waals surface area contributed by atoms with Crippen LogP contribution in [-0.2, 0) is 4.74 Å². The zero-order valence-corrected chi connectivity index (χ0v) is 10.4. The molecule has 1 aromatic carbocycles. The van der Waals surface area contributed by atoms with Gasteiger partial charge in [-0.2, -0.15) is 0 Å². The van der Waals surface area contributed by atoms with E-state index in [2.05, 4.69) is 34.6 Å². The van der Waals surface area contributed by atoms with E-state index in [0.717, 1.165) is 44.0 Å². The lowest BCUT2D eigenvalue weighted by Gasteiger charge is -2.23. The molecule has 3 rings (SSSR count). The number of hydrogen-bond donors (Lipinski definition) is 1. The topological polar surface area (TPSA) is 34.1 Å². The van der Waals surface area contributed by atoms with Crippen molar-refractivity contribution in [3.63, 3.8) is 0 Å². The van der Waals surface area contributed by atoms with E-state index in [-0.39, 0.29) is 0 Å². The Morgan fingerprint density at radius 3 is 2.89 bits per heavy atom. The van der Waals surface area contributed by atoms with Crippen LogP contribution in [-0.4, -0.2) is 24.7 Å². The molecule has 18 heavy (non-hydrogen) atoms. The average Bonchev–Trinajstić information content (AvgIpc) is 2.46. The lowest BCUT2D eigenvalue weighted by atomic mass is 10.0. The highest BCUT2D eigenvalue weighted by Gasteiger charge is 2.13. The quantitative estimate of drug-likeness (QED) is 0.898. The largest absolute Gasteiger partial charge is 0.384 e. The first-order valence-electron chi connectivity index (χ1n) is 6.59. The van der Waals surface area contributed by atoms with Crippen LogP contribution in [0.4, 0.5) is 5.69 Å². The molecule has 1 saturated heterocycles. The van der Waals surface area contributed by atoms with Crippen LogP contribution < -0.4 is 5.32 Å². The Balaban J connectivity index is 1.74. The number of para-hydroxylation sites is 1. The van der Waals surface area contributed by atoms with Crippen molar-refractivity contribution < 1.29 is 4.74 Å². The summed E-state index contributed by atoms with van der Waals surface area (Å²) in [5.74, 6) is 0.727. The van der Waals surface area contributed by atoms with E-state index >= 15 is 0 Å². The number of rotatable bonds is 3. The van der Waals surface area contributed by atoms with Gasteiger partial charge in [-0.25, -0.2) is 0 Å². The molecule has 1 N–H and O–H groups in total. The summed E-state index contributed by atoms with van der Waals surface area (Å²) in [6.07, 6.45) is 4.20. The first kappa shape index (κ1) is 11.5. The van der Waals surface area contributed by atoms with Crippen LogP contribution in [0.25, 0.3) is 10.9 Å². The lowest BCUT2D eigenvalue weighted by molar-refractivity contribution is 0.0699. The molecule has 0 radical (unpaired) electrons. The summed E-state index contributed by atoms with van der Waals surface area (Å²) < 4.78 is 5.38. The second kappa shape index (κ2) is 5.36. The van der Waals surface area contributed by atoms with Gasteiger partial charge >= 0.3 is 0 Å². The molecule has 94 valence electrons. The molecule has 0 unspecified atom stereocenters. The second-order valence-corrected chi connectivity index (χ2v) is 4.81. The molecule has 0 atom stereocenters. The van der Waals surface area contributed by atoms with Crippen LogP contribution in [0.2, 0.25) is 0 Å². The zero-order valence-electron chi connectivity index (χ0n) is 10.4. The average molecular weight is 242 g/mol. The van der Waals surface area contributed by atoms with Crippen molar-refractivity contribution in [2.24, 2.45) is 5.92 Å². The van der Waals surface area contributed by atoms with Gasteiger partial charge in [-0.3, -0.25) is 4.98 Å². The Kier molecular flexibility index (Phi) is 3.42. The molecule has 2 aromatic rings. The number of hydrogen-bond acceptors (Lipinski definition) is 3. The Bertz CT molecular complexity index is 515. The van der Waals surface area contributed by atoms with Gasteiger partial charge in [0.25, 0.3) is 0 Å². The highest BCUT2D eigenvalue weighted by Crippen LogP contribution is 2.22. The van der Waals surface area contributed by atoms with Crippen LogP contribution in [0, 0.1) is 5.92 Å². The number of anilines is 1. The molecule has 0 bridgehead atoms. The van der Waals surface area contributed by atoms with E-state index < -0.39 is 0 Å². The number of ether oxygens (including phenoxy) is 1. The molecule has 0 amide bonds. The summed E-state index contributed by atoms with van der Waals surface area (Å²) in [5, 5.41) is 4.76. The number of benzene rings is 1. The van der Waals surface area contributed by atoms with Gasteiger partial charge in [0.15, 0.2) is 0 Å². The summed E-state index contributed by atoms with van der Waals surface area (Å²) in [6.45, 7) is 2.84. The predicted molar refractivity (Wildman–Crippen MR) is 73.8 cm³/mol. The van der Waals surface area contributed by atoms with Crippen LogP contribution >= 0.6 is 0 Å². The summed E-state index contributed by atoms with van der Waals surface area (Å²) >= 11 is 0. The summed E-state index contributed by atoms with van der Waals surface area (Å²) in [6, 6.07) is 10.3. The number of fused-ring (bicyclic) bond motifs is 1. The minimum atomic E-state index is 0.727. The molecule has 3 nitrogen and oxygen atoms in total. The van der Waals surface area contributed by atoms with Gasteiger partial charge in [0.05, 0.1) is 5.52 Å². The number of nitrogens with zero attached hydrogens (tertiary/aromatic N) is 1. The maximum Gasteiger partial charge on any atom is 0.0722 e. The van der Waals surface area contributed by atoms with Crippen molar-refractivity contribution in [3.8, 4) is 0 Å². The van der Waals surface area contributed by atoms with Gasteiger partial charge in [0, 0.05) is 37.0 Å². The third-order valence-electron chi connectivity index (χ3n) is 3.57. The molecule has 1 aliphatic heterocycles. The molecule has 2 heterocycles. The third kappa shape index (κ3) is 2.46. The molecule has 1 fully saturated rings. The Morgan fingerprint density at radius 1 is 1.17 bits per heavy atom. The highest BCUT2D eigenvalue weighted by molar-refractivity contribution is 5.90. The van der Waals surface area contributed by atoms with E-state index in [9.17, 15) is 0 Å². The molecular formula is C15H18N2O. The Labute approximate surface area is 107 Å².